The van der Waals surface area contributed by atoms with E-state index in [1.54, 1.807) is 0 Å². The Morgan fingerprint density at radius 2 is 1.04 bits per heavy atom. The number of furan rings is 1. The highest BCUT2D eigenvalue weighted by molar-refractivity contribution is 6.13. The predicted molar refractivity (Wildman–Crippen MR) is 215 cm³/mol. The van der Waals surface area contributed by atoms with E-state index in [2.05, 4.69) is 162 Å². The lowest BCUT2D eigenvalue weighted by Crippen LogP contribution is -2.25. The third-order valence-corrected chi connectivity index (χ3v) is 11.9. The van der Waals surface area contributed by atoms with E-state index >= 15 is 0 Å². The van der Waals surface area contributed by atoms with Gasteiger partial charge in [-0.2, -0.15) is 5.26 Å². The molecule has 12 rings (SSSR count). The van der Waals surface area contributed by atoms with Crippen molar-refractivity contribution in [3.63, 3.8) is 0 Å². The van der Waals surface area contributed by atoms with Crippen molar-refractivity contribution in [2.75, 3.05) is 0 Å². The van der Waals surface area contributed by atoms with Crippen LogP contribution in [0, 0.1) is 11.3 Å². The second-order valence-electron chi connectivity index (χ2n) is 14.2. The third-order valence-electron chi connectivity index (χ3n) is 11.9. The topological polar surface area (TPSA) is 41.9 Å². The molecule has 53 heavy (non-hydrogen) atoms. The molecule has 0 aliphatic heterocycles. The van der Waals surface area contributed by atoms with Gasteiger partial charge in [0.1, 0.15) is 11.2 Å². The number of fused-ring (bicyclic) bond motifs is 16. The fourth-order valence-electron chi connectivity index (χ4n) is 9.89. The van der Waals surface area contributed by atoms with Crippen LogP contribution in [0.15, 0.2) is 174 Å². The Morgan fingerprint density at radius 1 is 0.453 bits per heavy atom. The monoisotopic (exact) mass is 672 g/mol. The van der Waals surface area contributed by atoms with Crippen molar-refractivity contribution >= 4 is 43.7 Å². The van der Waals surface area contributed by atoms with Crippen LogP contribution in [0.5, 0.6) is 0 Å². The summed E-state index contributed by atoms with van der Waals surface area (Å²) in [6.07, 6.45) is 0. The fourth-order valence-corrected chi connectivity index (χ4v) is 9.89. The van der Waals surface area contributed by atoms with Crippen LogP contribution in [-0.4, -0.2) is 4.57 Å². The summed E-state index contributed by atoms with van der Waals surface area (Å²) in [4.78, 5) is 0. The first kappa shape index (κ1) is 28.5. The average Bonchev–Trinajstić information content (AvgIpc) is 3.94. The summed E-state index contributed by atoms with van der Waals surface area (Å²) in [5, 5.41) is 14.3. The molecule has 0 fully saturated rings. The summed E-state index contributed by atoms with van der Waals surface area (Å²) in [6, 6.07) is 63.5. The van der Waals surface area contributed by atoms with Gasteiger partial charge >= 0.3 is 0 Å². The van der Waals surface area contributed by atoms with Gasteiger partial charge in [-0.25, -0.2) is 0 Å². The van der Waals surface area contributed by atoms with Gasteiger partial charge < -0.3 is 8.98 Å². The molecule has 1 atom stereocenters. The van der Waals surface area contributed by atoms with Crippen molar-refractivity contribution < 1.29 is 4.42 Å². The normalized spacial score (nSPS) is 15.2. The molecule has 0 N–H and O–H groups in total. The number of rotatable bonds is 2. The molecule has 244 valence electrons. The van der Waals surface area contributed by atoms with E-state index in [1.807, 2.05) is 18.2 Å². The first-order valence-corrected chi connectivity index (χ1v) is 18.1. The number of benzene rings is 8. The van der Waals surface area contributed by atoms with Crippen molar-refractivity contribution in [1.82, 2.24) is 4.57 Å². The van der Waals surface area contributed by atoms with Crippen LogP contribution < -0.4 is 0 Å². The average molecular weight is 673 g/mol. The van der Waals surface area contributed by atoms with Crippen molar-refractivity contribution in [2.24, 2.45) is 0 Å². The highest BCUT2D eigenvalue weighted by Crippen LogP contribution is 2.65. The third kappa shape index (κ3) is 3.48. The molecule has 0 radical (unpaired) electrons. The molecule has 2 aromatic heterocycles. The Kier molecular flexibility index (Phi) is 5.50. The number of nitrogens with zero attached hydrogens (tertiary/aromatic N) is 2. The molecule has 3 heteroatoms. The number of hydrogen-bond acceptors (Lipinski definition) is 2. The van der Waals surface area contributed by atoms with Crippen LogP contribution in [-0.2, 0) is 5.41 Å². The number of aromatic nitrogens is 1. The molecule has 0 amide bonds. The lowest BCUT2D eigenvalue weighted by atomic mass is 9.70. The minimum Gasteiger partial charge on any atom is -0.455 e. The van der Waals surface area contributed by atoms with Gasteiger partial charge in [0.2, 0.25) is 0 Å². The van der Waals surface area contributed by atoms with E-state index in [9.17, 15) is 5.26 Å². The van der Waals surface area contributed by atoms with Crippen LogP contribution in [0.25, 0.3) is 82.8 Å². The molecule has 8 aromatic carbocycles. The largest absolute Gasteiger partial charge is 0.455 e. The quantitative estimate of drug-likeness (QED) is 0.183. The van der Waals surface area contributed by atoms with Crippen LogP contribution in [0.4, 0.5) is 0 Å². The molecular formula is C50H28N2O. The van der Waals surface area contributed by atoms with E-state index < -0.39 is 5.41 Å². The van der Waals surface area contributed by atoms with E-state index in [0.29, 0.717) is 5.56 Å². The van der Waals surface area contributed by atoms with Gasteiger partial charge in [-0.15, -0.1) is 0 Å². The standard InChI is InChI=1S/C50H28N2O/c51-29-30-26-27-44-38(28-30)31-12-3-7-23-43(31)52(44)45-24-11-22-42-48(45)37-15-2-6-20-40(37)50(42)39-19-5-1-14-36(39)47-33(16-10-21-41(47)50)35-18-9-17-34-32-13-4-8-25-46(32)53-49(34)35/h1-28H. The maximum absolute atomic E-state index is 9.82. The fraction of sp³-hybridized carbons (Fsp3) is 0.0200. The summed E-state index contributed by atoms with van der Waals surface area (Å²) in [6.45, 7) is 0. The highest BCUT2D eigenvalue weighted by Gasteiger charge is 2.52. The molecule has 10 aromatic rings. The minimum absolute atomic E-state index is 0.529. The summed E-state index contributed by atoms with van der Waals surface area (Å²) >= 11 is 0. The van der Waals surface area contributed by atoms with Crippen molar-refractivity contribution in [3.05, 3.63) is 198 Å². The summed E-state index contributed by atoms with van der Waals surface area (Å²) in [5.41, 5.74) is 17.7. The van der Waals surface area contributed by atoms with E-state index in [4.69, 9.17) is 4.42 Å². The number of para-hydroxylation sites is 3. The Labute approximate surface area is 305 Å². The Morgan fingerprint density at radius 3 is 1.87 bits per heavy atom. The van der Waals surface area contributed by atoms with Gasteiger partial charge in [0.05, 0.1) is 33.8 Å². The Bertz CT molecular complexity index is 3260. The second-order valence-corrected chi connectivity index (χ2v) is 14.2. The maximum atomic E-state index is 9.82. The molecule has 0 saturated heterocycles. The Balaban J connectivity index is 1.20. The Hall–Kier alpha value is -7.15. The molecule has 3 nitrogen and oxygen atoms in total. The van der Waals surface area contributed by atoms with E-state index in [1.165, 1.54) is 50.1 Å². The van der Waals surface area contributed by atoms with Gasteiger partial charge in [0.25, 0.3) is 0 Å². The molecular weight excluding hydrogens is 645 g/mol. The van der Waals surface area contributed by atoms with Crippen molar-refractivity contribution in [1.29, 1.82) is 5.26 Å². The first-order valence-electron chi connectivity index (χ1n) is 18.1. The van der Waals surface area contributed by atoms with Gasteiger partial charge in [-0.05, 0) is 80.9 Å². The van der Waals surface area contributed by atoms with Crippen molar-refractivity contribution in [2.45, 2.75) is 5.41 Å². The smallest absolute Gasteiger partial charge is 0.143 e. The SMILES string of the molecule is N#Cc1ccc2c(c1)c1ccccc1n2-c1cccc2c1-c1ccccc1C21c2ccccc2-c2c(-c3cccc4c3oc3ccccc34)cccc21. The van der Waals surface area contributed by atoms with Gasteiger partial charge in [0.15, 0.2) is 0 Å². The zero-order valence-corrected chi connectivity index (χ0v) is 28.5. The predicted octanol–water partition coefficient (Wildman–Crippen LogP) is 12.6. The molecule has 0 saturated carbocycles. The maximum Gasteiger partial charge on any atom is 0.143 e. The number of hydrogen-bond donors (Lipinski definition) is 0. The summed E-state index contributed by atoms with van der Waals surface area (Å²) < 4.78 is 9.04. The summed E-state index contributed by atoms with van der Waals surface area (Å²) in [5.74, 6) is 0. The lowest BCUT2D eigenvalue weighted by molar-refractivity contribution is 0.670. The van der Waals surface area contributed by atoms with Gasteiger partial charge in [-0.1, -0.05) is 133 Å². The van der Waals surface area contributed by atoms with E-state index in [0.717, 1.165) is 55.0 Å². The second kappa shape index (κ2) is 10.2. The molecule has 2 aliphatic rings. The highest BCUT2D eigenvalue weighted by atomic mass is 16.3. The number of nitriles is 1. The van der Waals surface area contributed by atoms with Crippen LogP contribution in [0.2, 0.25) is 0 Å². The molecule has 2 heterocycles. The first-order chi connectivity index (χ1) is 26.3. The molecule has 0 bridgehead atoms. The van der Waals surface area contributed by atoms with Gasteiger partial charge in [-0.3, -0.25) is 0 Å². The van der Waals surface area contributed by atoms with Crippen LogP contribution >= 0.6 is 0 Å². The zero-order valence-electron chi connectivity index (χ0n) is 28.5. The molecule has 1 spiro atoms. The van der Waals surface area contributed by atoms with E-state index in [-0.39, 0.29) is 0 Å². The molecule has 1 unspecified atom stereocenters. The van der Waals surface area contributed by atoms with Crippen molar-refractivity contribution in [3.8, 4) is 45.1 Å². The van der Waals surface area contributed by atoms with Crippen LogP contribution in [0.3, 0.4) is 0 Å². The van der Waals surface area contributed by atoms with Crippen LogP contribution in [0.1, 0.15) is 27.8 Å². The summed E-state index contributed by atoms with van der Waals surface area (Å²) in [7, 11) is 0. The van der Waals surface area contributed by atoms with Gasteiger partial charge in [0, 0.05) is 32.7 Å². The lowest BCUT2D eigenvalue weighted by Gasteiger charge is -2.30. The molecule has 2 aliphatic carbocycles. The minimum atomic E-state index is -0.529. The zero-order chi connectivity index (χ0) is 34.8.